The first-order valence-corrected chi connectivity index (χ1v) is 18.4. The third-order valence-electron chi connectivity index (χ3n) is 9.57. The highest BCUT2D eigenvalue weighted by atomic mass is 35.5. The first-order valence-electron chi connectivity index (χ1n) is 16.1. The molecule has 9 rings (SSSR count). The van der Waals surface area contributed by atoms with E-state index in [0.29, 0.717) is 11.6 Å². The molecule has 0 spiro atoms. The molecule has 0 amide bonds. The van der Waals surface area contributed by atoms with Crippen LogP contribution in [0.5, 0.6) is 0 Å². The summed E-state index contributed by atoms with van der Waals surface area (Å²) >= 11 is 6.73. The van der Waals surface area contributed by atoms with Gasteiger partial charge in [-0.1, -0.05) is 170 Å². The SMILES string of the molecule is Clc1nc(-c2ccc3c(c2)[Si](c2ccccc2)(c2ccccc2)c2ccccc2-3)nc(-c2ccccc2-c2cccc3ccccc23)n1. The summed E-state index contributed by atoms with van der Waals surface area (Å²) in [6.07, 6.45) is 0. The van der Waals surface area contributed by atoms with E-state index >= 15 is 0 Å². The molecule has 48 heavy (non-hydrogen) atoms. The third kappa shape index (κ3) is 4.45. The minimum Gasteiger partial charge on any atom is -0.208 e. The maximum Gasteiger partial charge on any atom is 0.226 e. The zero-order valence-electron chi connectivity index (χ0n) is 25.9. The smallest absolute Gasteiger partial charge is 0.208 e. The second kappa shape index (κ2) is 11.5. The van der Waals surface area contributed by atoms with Crippen molar-refractivity contribution in [3.05, 3.63) is 175 Å². The summed E-state index contributed by atoms with van der Waals surface area (Å²) in [4.78, 5) is 14.5. The van der Waals surface area contributed by atoms with Gasteiger partial charge in [0, 0.05) is 11.1 Å². The van der Waals surface area contributed by atoms with Gasteiger partial charge >= 0.3 is 0 Å². The normalized spacial score (nSPS) is 12.9. The number of aromatic nitrogens is 3. The minimum atomic E-state index is -2.66. The second-order valence-electron chi connectivity index (χ2n) is 12.1. The highest BCUT2D eigenvalue weighted by Gasteiger charge is 2.48. The van der Waals surface area contributed by atoms with Crippen molar-refractivity contribution < 1.29 is 0 Å². The fourth-order valence-electron chi connectivity index (χ4n) is 7.56. The van der Waals surface area contributed by atoms with Crippen LogP contribution in [0, 0.1) is 0 Å². The van der Waals surface area contributed by atoms with E-state index in [1.54, 1.807) is 0 Å². The van der Waals surface area contributed by atoms with Gasteiger partial charge in [0.25, 0.3) is 0 Å². The van der Waals surface area contributed by atoms with Crippen LogP contribution < -0.4 is 20.7 Å². The summed E-state index contributed by atoms with van der Waals surface area (Å²) in [5.41, 5.74) is 6.54. The average molecular weight is 650 g/mol. The van der Waals surface area contributed by atoms with Crippen molar-refractivity contribution in [2.75, 3.05) is 0 Å². The van der Waals surface area contributed by atoms with Crippen LogP contribution in [0.1, 0.15) is 0 Å². The van der Waals surface area contributed by atoms with Crippen molar-refractivity contribution in [1.29, 1.82) is 0 Å². The van der Waals surface area contributed by atoms with Crippen LogP contribution in [0.25, 0.3) is 55.8 Å². The molecule has 1 aromatic heterocycles. The largest absolute Gasteiger partial charge is 0.226 e. The summed E-state index contributed by atoms with van der Waals surface area (Å²) in [6.45, 7) is 0. The van der Waals surface area contributed by atoms with E-state index in [2.05, 4.69) is 169 Å². The standard InChI is InChI=1S/C43H28ClN3Si/c44-43-46-41(45-42(47-43)38-23-10-9-21-35(38)34-24-13-15-29-14-7-8-20-33(29)34)30-26-27-37-36-22-11-12-25-39(36)48(40(37)28-30,31-16-3-1-4-17-31)32-18-5-2-6-19-32/h1-28H. The quantitative estimate of drug-likeness (QED) is 0.177. The zero-order valence-corrected chi connectivity index (χ0v) is 27.6. The Morgan fingerprint density at radius 2 is 0.958 bits per heavy atom. The van der Waals surface area contributed by atoms with Crippen molar-refractivity contribution >= 4 is 51.2 Å². The lowest BCUT2D eigenvalue weighted by Gasteiger charge is -2.31. The average Bonchev–Trinajstić information content (AvgIpc) is 3.45. The summed E-state index contributed by atoms with van der Waals surface area (Å²) in [5, 5.41) is 7.94. The van der Waals surface area contributed by atoms with Crippen LogP contribution in [-0.2, 0) is 0 Å². The maximum atomic E-state index is 6.73. The fraction of sp³-hybridized carbons (Fsp3) is 0. The first-order chi connectivity index (χ1) is 23.7. The number of fused-ring (bicyclic) bond motifs is 4. The van der Waals surface area contributed by atoms with Crippen molar-refractivity contribution in [3.8, 4) is 45.0 Å². The van der Waals surface area contributed by atoms with Crippen LogP contribution >= 0.6 is 11.6 Å². The highest BCUT2D eigenvalue weighted by molar-refractivity contribution is 7.22. The summed E-state index contributed by atoms with van der Waals surface area (Å²) in [5.74, 6) is 1.10. The summed E-state index contributed by atoms with van der Waals surface area (Å²) in [6, 6.07) is 60.7. The lowest BCUT2D eigenvalue weighted by Crippen LogP contribution is -2.72. The van der Waals surface area contributed by atoms with Gasteiger partial charge in [-0.15, -0.1) is 0 Å². The van der Waals surface area contributed by atoms with Crippen LogP contribution in [0.4, 0.5) is 0 Å². The van der Waals surface area contributed by atoms with Crippen molar-refractivity contribution in [2.24, 2.45) is 0 Å². The topological polar surface area (TPSA) is 38.7 Å². The Balaban J connectivity index is 1.25. The Morgan fingerprint density at radius 3 is 1.73 bits per heavy atom. The molecule has 2 heterocycles. The van der Waals surface area contributed by atoms with E-state index in [1.165, 1.54) is 42.6 Å². The molecule has 0 radical (unpaired) electrons. The van der Waals surface area contributed by atoms with Crippen molar-refractivity contribution in [2.45, 2.75) is 0 Å². The van der Waals surface area contributed by atoms with Gasteiger partial charge in [0.1, 0.15) is 0 Å². The summed E-state index contributed by atoms with van der Waals surface area (Å²) in [7, 11) is -2.66. The summed E-state index contributed by atoms with van der Waals surface area (Å²) < 4.78 is 0. The molecule has 0 saturated carbocycles. The molecule has 0 atom stereocenters. The molecule has 3 nitrogen and oxygen atoms in total. The molecule has 7 aromatic carbocycles. The fourth-order valence-corrected chi connectivity index (χ4v) is 12.9. The molecule has 226 valence electrons. The number of nitrogens with zero attached hydrogens (tertiary/aromatic N) is 3. The lowest BCUT2D eigenvalue weighted by molar-refractivity contribution is 1.07. The molecule has 1 aliphatic rings. The van der Waals surface area contributed by atoms with E-state index in [4.69, 9.17) is 21.6 Å². The minimum absolute atomic E-state index is 0.168. The Hall–Kier alpha value is -5.68. The van der Waals surface area contributed by atoms with E-state index in [0.717, 1.165) is 22.3 Å². The van der Waals surface area contributed by atoms with Gasteiger partial charge in [-0.3, -0.25) is 0 Å². The molecule has 0 bridgehead atoms. The second-order valence-corrected chi connectivity index (χ2v) is 16.2. The van der Waals surface area contributed by atoms with Crippen LogP contribution in [0.2, 0.25) is 5.28 Å². The number of hydrogen-bond acceptors (Lipinski definition) is 3. The third-order valence-corrected chi connectivity index (χ3v) is 14.6. The molecule has 1 aliphatic heterocycles. The zero-order chi connectivity index (χ0) is 32.1. The molecule has 5 heteroatoms. The Bertz CT molecular complexity index is 2440. The van der Waals surface area contributed by atoms with E-state index in [9.17, 15) is 0 Å². The number of halogens is 1. The van der Waals surface area contributed by atoms with Gasteiger partial charge in [-0.25, -0.2) is 4.98 Å². The van der Waals surface area contributed by atoms with Crippen LogP contribution in [0.3, 0.4) is 0 Å². The molecular formula is C43H28ClN3Si. The van der Waals surface area contributed by atoms with Crippen LogP contribution in [0.15, 0.2) is 170 Å². The first kappa shape index (κ1) is 28.5. The van der Waals surface area contributed by atoms with Gasteiger partial charge in [0.15, 0.2) is 19.7 Å². The Labute approximate surface area is 285 Å². The van der Waals surface area contributed by atoms with Gasteiger partial charge in [0.05, 0.1) is 0 Å². The molecular weight excluding hydrogens is 622 g/mol. The highest BCUT2D eigenvalue weighted by Crippen LogP contribution is 2.36. The van der Waals surface area contributed by atoms with Gasteiger partial charge in [-0.05, 0) is 65.4 Å². The maximum absolute atomic E-state index is 6.73. The van der Waals surface area contributed by atoms with Crippen molar-refractivity contribution in [3.63, 3.8) is 0 Å². The van der Waals surface area contributed by atoms with Crippen LogP contribution in [-0.4, -0.2) is 23.0 Å². The molecule has 0 saturated heterocycles. The monoisotopic (exact) mass is 649 g/mol. The van der Waals surface area contributed by atoms with E-state index in [1.807, 2.05) is 6.07 Å². The molecule has 0 unspecified atom stereocenters. The molecule has 8 aromatic rings. The molecule has 0 N–H and O–H groups in total. The van der Waals surface area contributed by atoms with Gasteiger partial charge in [-0.2, -0.15) is 9.97 Å². The predicted octanol–water partition coefficient (Wildman–Crippen LogP) is 8.04. The molecule has 0 aliphatic carbocycles. The van der Waals surface area contributed by atoms with Crippen molar-refractivity contribution in [1.82, 2.24) is 15.0 Å². The number of rotatable bonds is 5. The molecule has 0 fully saturated rings. The van der Waals surface area contributed by atoms with E-state index < -0.39 is 8.07 Å². The van der Waals surface area contributed by atoms with Gasteiger partial charge in [0.2, 0.25) is 5.28 Å². The van der Waals surface area contributed by atoms with Gasteiger partial charge < -0.3 is 0 Å². The number of hydrogen-bond donors (Lipinski definition) is 0. The predicted molar refractivity (Wildman–Crippen MR) is 201 cm³/mol. The Kier molecular flexibility index (Phi) is 6.85. The number of benzene rings is 7. The van der Waals surface area contributed by atoms with E-state index in [-0.39, 0.29) is 5.28 Å². The lowest BCUT2D eigenvalue weighted by atomic mass is 9.94. The Morgan fingerprint density at radius 1 is 0.396 bits per heavy atom.